The lowest BCUT2D eigenvalue weighted by molar-refractivity contribution is -0.140. The van der Waals surface area contributed by atoms with Crippen LogP contribution in [0.4, 0.5) is 5.69 Å². The van der Waals surface area contributed by atoms with Crippen LogP contribution in [0.3, 0.4) is 0 Å². The number of carboxylic acid groups (broad SMARTS) is 1. The fourth-order valence-corrected chi connectivity index (χ4v) is 4.38. The summed E-state index contributed by atoms with van der Waals surface area (Å²) in [6, 6.07) is 2.88. The lowest BCUT2D eigenvalue weighted by atomic mass is 10.1. The van der Waals surface area contributed by atoms with E-state index < -0.39 is 12.0 Å². The van der Waals surface area contributed by atoms with Crippen molar-refractivity contribution in [3.63, 3.8) is 0 Å². The highest BCUT2D eigenvalue weighted by Crippen LogP contribution is 2.41. The van der Waals surface area contributed by atoms with E-state index in [0.717, 1.165) is 31.4 Å². The Labute approximate surface area is 198 Å². The number of aryl methyl sites for hydroxylation is 1. The molecule has 2 aliphatic rings. The molecule has 0 aliphatic carbocycles. The van der Waals surface area contributed by atoms with E-state index in [2.05, 4.69) is 19.9 Å². The van der Waals surface area contributed by atoms with E-state index in [1.54, 1.807) is 12.0 Å². The van der Waals surface area contributed by atoms with Crippen molar-refractivity contribution in [1.82, 2.24) is 19.8 Å². The molecule has 1 aromatic carbocycles. The summed E-state index contributed by atoms with van der Waals surface area (Å²) in [6.07, 6.45) is 12.2. The first-order valence-electron chi connectivity index (χ1n) is 11.7. The van der Waals surface area contributed by atoms with Crippen molar-refractivity contribution in [3.8, 4) is 11.5 Å². The van der Waals surface area contributed by atoms with Gasteiger partial charge in [-0.25, -0.2) is 9.98 Å². The number of aliphatic carboxylic acids is 1. The Morgan fingerprint density at radius 1 is 1.21 bits per heavy atom. The lowest BCUT2D eigenvalue weighted by Crippen LogP contribution is -2.38. The van der Waals surface area contributed by atoms with Crippen LogP contribution in [0.2, 0.25) is 0 Å². The number of aromatic nitrogens is 2. The number of carbonyl (C=O) groups excluding carboxylic acids is 1. The second kappa shape index (κ2) is 11.0. The molecule has 4 rings (SSSR count). The number of benzene rings is 1. The monoisotopic (exact) mass is 469 g/mol. The SMILES string of the molecule is COc1c(OCCCCCCCCn2ccnc2)ccc2c1CN1C(=N2)NC(=O)C1CC(=O)O. The van der Waals surface area contributed by atoms with Crippen LogP contribution < -0.4 is 14.8 Å². The van der Waals surface area contributed by atoms with Gasteiger partial charge in [0.1, 0.15) is 6.04 Å². The van der Waals surface area contributed by atoms with Gasteiger partial charge in [0.15, 0.2) is 11.5 Å². The normalized spacial score (nSPS) is 16.5. The van der Waals surface area contributed by atoms with Crippen molar-refractivity contribution in [3.05, 3.63) is 36.4 Å². The quantitative estimate of drug-likeness (QED) is 0.433. The van der Waals surface area contributed by atoms with Crippen molar-refractivity contribution >= 4 is 23.5 Å². The smallest absolute Gasteiger partial charge is 0.305 e. The van der Waals surface area contributed by atoms with Crippen LogP contribution in [0.15, 0.2) is 35.8 Å². The third kappa shape index (κ3) is 5.49. The summed E-state index contributed by atoms with van der Waals surface area (Å²) in [6.45, 7) is 1.93. The van der Waals surface area contributed by atoms with E-state index in [1.165, 1.54) is 19.3 Å². The molecule has 1 unspecified atom stereocenters. The summed E-state index contributed by atoms with van der Waals surface area (Å²) in [5.74, 6) is 0.201. The molecular formula is C24H31N5O5. The first kappa shape index (κ1) is 23.6. The van der Waals surface area contributed by atoms with Crippen LogP contribution in [0.25, 0.3) is 0 Å². The Balaban J connectivity index is 1.26. The number of imidazole rings is 1. The molecule has 1 atom stereocenters. The highest BCUT2D eigenvalue weighted by Gasteiger charge is 2.41. The first-order valence-corrected chi connectivity index (χ1v) is 11.7. The van der Waals surface area contributed by atoms with Gasteiger partial charge in [0.05, 0.1) is 38.7 Å². The third-order valence-electron chi connectivity index (χ3n) is 6.14. The van der Waals surface area contributed by atoms with Crippen LogP contribution >= 0.6 is 0 Å². The topological polar surface area (TPSA) is 118 Å². The molecule has 0 bridgehead atoms. The van der Waals surface area contributed by atoms with E-state index in [-0.39, 0.29) is 12.3 Å². The number of carbonyl (C=O) groups is 2. The summed E-state index contributed by atoms with van der Waals surface area (Å²) in [5, 5.41) is 11.8. The third-order valence-corrected chi connectivity index (χ3v) is 6.14. The van der Waals surface area contributed by atoms with Gasteiger partial charge in [-0.05, 0) is 25.0 Å². The molecule has 10 nitrogen and oxygen atoms in total. The molecule has 34 heavy (non-hydrogen) atoms. The summed E-state index contributed by atoms with van der Waals surface area (Å²) >= 11 is 0. The fourth-order valence-electron chi connectivity index (χ4n) is 4.38. The van der Waals surface area contributed by atoms with Crippen molar-refractivity contribution in [2.45, 2.75) is 64.1 Å². The number of nitrogens with one attached hydrogen (secondary N) is 1. The number of carboxylic acids is 1. The van der Waals surface area contributed by atoms with Crippen molar-refractivity contribution in [2.75, 3.05) is 13.7 Å². The molecule has 1 aromatic heterocycles. The molecule has 3 heterocycles. The van der Waals surface area contributed by atoms with Gasteiger partial charge in [0.2, 0.25) is 11.9 Å². The number of rotatable bonds is 13. The predicted molar refractivity (Wildman–Crippen MR) is 125 cm³/mol. The Morgan fingerprint density at radius 2 is 2.00 bits per heavy atom. The standard InChI is InChI=1S/C24H31N5O5/c1-33-22-17-15-29-19(14-21(30)31)23(32)27-24(29)26-18(17)8-9-20(22)34-13-7-5-3-2-4-6-11-28-12-10-25-16-28/h8-10,12,16,19H,2-7,11,13-15H2,1H3,(H,30,31)(H,26,27,32). The van der Waals surface area contributed by atoms with Crippen LogP contribution in [-0.4, -0.2) is 57.2 Å². The molecule has 0 saturated carbocycles. The lowest BCUT2D eigenvalue weighted by Gasteiger charge is -2.28. The van der Waals surface area contributed by atoms with E-state index in [0.29, 0.717) is 36.3 Å². The van der Waals surface area contributed by atoms with Gasteiger partial charge >= 0.3 is 5.97 Å². The van der Waals surface area contributed by atoms with Gasteiger partial charge in [0, 0.05) is 24.5 Å². The number of hydrogen-bond acceptors (Lipinski definition) is 7. The Hall–Kier alpha value is -3.56. The number of amides is 1. The van der Waals surface area contributed by atoms with Crippen LogP contribution in [0.1, 0.15) is 50.5 Å². The molecule has 1 amide bonds. The number of unbranched alkanes of at least 4 members (excludes halogenated alkanes) is 5. The number of aliphatic imine (C=N–C) groups is 1. The number of methoxy groups -OCH3 is 1. The number of ether oxygens (including phenoxy) is 2. The summed E-state index contributed by atoms with van der Waals surface area (Å²) < 4.78 is 13.8. The van der Waals surface area contributed by atoms with Crippen molar-refractivity contribution < 1.29 is 24.2 Å². The maximum atomic E-state index is 12.2. The fraction of sp³-hybridized carbons (Fsp3) is 0.500. The van der Waals surface area contributed by atoms with Crippen molar-refractivity contribution in [2.24, 2.45) is 4.99 Å². The number of nitrogens with zero attached hydrogens (tertiary/aromatic N) is 4. The molecular weight excluding hydrogens is 438 g/mol. The molecule has 2 aliphatic heterocycles. The zero-order chi connectivity index (χ0) is 23.9. The van der Waals surface area contributed by atoms with E-state index in [4.69, 9.17) is 14.6 Å². The van der Waals surface area contributed by atoms with Gasteiger partial charge < -0.3 is 24.0 Å². The number of hydrogen-bond donors (Lipinski definition) is 2. The molecule has 0 radical (unpaired) electrons. The summed E-state index contributed by atoms with van der Waals surface area (Å²) in [4.78, 5) is 33.7. The molecule has 2 N–H and O–H groups in total. The largest absolute Gasteiger partial charge is 0.492 e. The highest BCUT2D eigenvalue weighted by molar-refractivity contribution is 6.08. The second-order valence-corrected chi connectivity index (χ2v) is 8.53. The molecule has 1 fully saturated rings. The van der Waals surface area contributed by atoms with Crippen LogP contribution in [0.5, 0.6) is 11.5 Å². The highest BCUT2D eigenvalue weighted by atomic mass is 16.5. The van der Waals surface area contributed by atoms with E-state index in [1.807, 2.05) is 30.9 Å². The molecule has 10 heteroatoms. The zero-order valence-corrected chi connectivity index (χ0v) is 19.4. The van der Waals surface area contributed by atoms with Gasteiger partial charge in [0.25, 0.3) is 0 Å². The van der Waals surface area contributed by atoms with Gasteiger partial charge in [-0.1, -0.05) is 25.7 Å². The summed E-state index contributed by atoms with van der Waals surface area (Å²) in [7, 11) is 1.58. The number of fused-ring (bicyclic) bond motifs is 2. The molecule has 182 valence electrons. The maximum Gasteiger partial charge on any atom is 0.305 e. The average Bonchev–Trinajstić information content (AvgIpc) is 3.44. The molecule has 2 aromatic rings. The Kier molecular flexibility index (Phi) is 7.66. The first-order chi connectivity index (χ1) is 16.6. The van der Waals surface area contributed by atoms with Crippen LogP contribution in [-0.2, 0) is 22.7 Å². The second-order valence-electron chi connectivity index (χ2n) is 8.53. The maximum absolute atomic E-state index is 12.2. The van der Waals surface area contributed by atoms with Crippen molar-refractivity contribution in [1.29, 1.82) is 0 Å². The van der Waals surface area contributed by atoms with E-state index in [9.17, 15) is 9.59 Å². The minimum absolute atomic E-state index is 0.289. The Morgan fingerprint density at radius 3 is 2.74 bits per heavy atom. The molecule has 1 saturated heterocycles. The number of guanidine groups is 1. The van der Waals surface area contributed by atoms with Gasteiger partial charge in [-0.2, -0.15) is 0 Å². The van der Waals surface area contributed by atoms with Gasteiger partial charge in [-0.15, -0.1) is 0 Å². The molecule has 0 spiro atoms. The average molecular weight is 470 g/mol. The van der Waals surface area contributed by atoms with Gasteiger partial charge in [-0.3, -0.25) is 14.9 Å². The predicted octanol–water partition coefficient (Wildman–Crippen LogP) is 3.09. The van der Waals surface area contributed by atoms with E-state index >= 15 is 0 Å². The van der Waals surface area contributed by atoms with Crippen LogP contribution in [0, 0.1) is 0 Å². The Bertz CT molecular complexity index is 1040. The minimum atomic E-state index is -1.03. The summed E-state index contributed by atoms with van der Waals surface area (Å²) in [5.41, 5.74) is 1.47. The zero-order valence-electron chi connectivity index (χ0n) is 19.4. The minimum Gasteiger partial charge on any atom is -0.492 e.